The quantitative estimate of drug-likeness (QED) is 0.809. The predicted molar refractivity (Wildman–Crippen MR) is 104 cm³/mol. The normalized spacial score (nSPS) is 29.5. The lowest BCUT2D eigenvalue weighted by Gasteiger charge is -2.29. The van der Waals surface area contributed by atoms with Crippen LogP contribution >= 0.6 is 0 Å². The zero-order valence-corrected chi connectivity index (χ0v) is 16.1. The third kappa shape index (κ3) is 4.29. The molecule has 5 rings (SSSR count). The number of hydrogen-bond donors (Lipinski definition) is 2. The van der Waals surface area contributed by atoms with Crippen molar-refractivity contribution in [3.05, 3.63) is 30.5 Å². The largest absolute Gasteiger partial charge is 0.490 e. The minimum Gasteiger partial charge on any atom is -0.490 e. The summed E-state index contributed by atoms with van der Waals surface area (Å²) >= 11 is 0. The fourth-order valence-electron chi connectivity index (χ4n) is 4.46. The first kappa shape index (κ1) is 19.0. The molecule has 1 saturated carbocycles. The van der Waals surface area contributed by atoms with Gasteiger partial charge in [-0.05, 0) is 74.8 Å². The monoisotopic (exact) mass is 405 g/mol. The summed E-state index contributed by atoms with van der Waals surface area (Å²) in [6, 6.07) is 8.04. The van der Waals surface area contributed by atoms with Crippen LogP contribution in [0.25, 0.3) is 10.8 Å². The molecule has 0 spiro atoms. The van der Waals surface area contributed by atoms with Crippen molar-refractivity contribution >= 4 is 16.6 Å². The van der Waals surface area contributed by atoms with Crippen molar-refractivity contribution < 1.29 is 23.0 Å². The van der Waals surface area contributed by atoms with Crippen LogP contribution in [-0.4, -0.2) is 48.7 Å². The molecule has 1 aromatic heterocycles. The molecule has 1 aromatic carbocycles. The van der Waals surface area contributed by atoms with E-state index >= 15 is 0 Å². The number of pyridine rings is 1. The van der Waals surface area contributed by atoms with E-state index in [-0.39, 0.29) is 12.1 Å². The van der Waals surface area contributed by atoms with Crippen LogP contribution in [-0.2, 0) is 9.47 Å². The molecular formula is C21H25F2N3O3. The molecule has 3 atom stereocenters. The van der Waals surface area contributed by atoms with E-state index in [4.69, 9.17) is 9.47 Å². The lowest BCUT2D eigenvalue weighted by atomic mass is 9.90. The van der Waals surface area contributed by atoms with Gasteiger partial charge in [0.1, 0.15) is 17.7 Å². The Morgan fingerprint density at radius 1 is 1.03 bits per heavy atom. The summed E-state index contributed by atoms with van der Waals surface area (Å²) in [4.78, 5) is 4.48. The van der Waals surface area contributed by atoms with Gasteiger partial charge in [-0.25, -0.2) is 4.98 Å². The second kappa shape index (κ2) is 7.66. The maximum atomic E-state index is 13.3. The van der Waals surface area contributed by atoms with E-state index in [0.717, 1.165) is 54.7 Å². The first-order valence-electron chi connectivity index (χ1n) is 10.3. The van der Waals surface area contributed by atoms with Crippen LogP contribution in [0.1, 0.15) is 32.1 Å². The molecule has 2 saturated heterocycles. The summed E-state index contributed by atoms with van der Waals surface area (Å²) in [7, 11) is 0. The number of alkyl halides is 2. The van der Waals surface area contributed by atoms with E-state index in [0.29, 0.717) is 12.8 Å². The fraction of sp³-hybridized carbons (Fsp3) is 0.571. The van der Waals surface area contributed by atoms with E-state index in [9.17, 15) is 8.78 Å². The number of nitrogens with one attached hydrogen (secondary N) is 2. The maximum absolute atomic E-state index is 13.3. The molecule has 2 aliphatic heterocycles. The van der Waals surface area contributed by atoms with Gasteiger partial charge >= 0.3 is 6.29 Å². The molecule has 0 amide bonds. The Morgan fingerprint density at radius 3 is 2.72 bits per heavy atom. The van der Waals surface area contributed by atoms with Crippen molar-refractivity contribution in [2.75, 3.05) is 18.4 Å². The molecule has 2 aromatic rings. The molecule has 0 radical (unpaired) electrons. The van der Waals surface area contributed by atoms with Gasteiger partial charge in [0.05, 0.1) is 12.2 Å². The molecule has 29 heavy (non-hydrogen) atoms. The Balaban J connectivity index is 1.26. The Labute approximate surface area is 167 Å². The van der Waals surface area contributed by atoms with Gasteiger partial charge in [0.25, 0.3) is 0 Å². The number of halogens is 2. The first-order chi connectivity index (χ1) is 14.0. The Kier molecular flexibility index (Phi) is 5.01. The number of rotatable bonds is 4. The van der Waals surface area contributed by atoms with Gasteiger partial charge in [-0.15, -0.1) is 8.78 Å². The summed E-state index contributed by atoms with van der Waals surface area (Å²) in [5, 5.41) is 8.78. The SMILES string of the molecule is FC1(F)OC2CCC(Nc3cc4cc(OC5CCNCC5)ccc4cn3)CC2O1. The van der Waals surface area contributed by atoms with Gasteiger partial charge in [0, 0.05) is 17.6 Å². The molecule has 3 aliphatic rings. The van der Waals surface area contributed by atoms with Gasteiger partial charge in [-0.3, -0.25) is 9.47 Å². The van der Waals surface area contributed by atoms with Crippen LogP contribution in [0.15, 0.2) is 30.5 Å². The molecule has 0 bridgehead atoms. The number of anilines is 1. The summed E-state index contributed by atoms with van der Waals surface area (Å²) in [6.07, 6.45) is 1.26. The summed E-state index contributed by atoms with van der Waals surface area (Å²) in [5.74, 6) is 1.59. The molecule has 3 heterocycles. The Morgan fingerprint density at radius 2 is 1.86 bits per heavy atom. The topological polar surface area (TPSA) is 64.6 Å². The smallest absolute Gasteiger partial charge is 0.486 e. The average Bonchev–Trinajstić information content (AvgIpc) is 3.01. The summed E-state index contributed by atoms with van der Waals surface area (Å²) in [6.45, 7) is 1.97. The fourth-order valence-corrected chi connectivity index (χ4v) is 4.46. The minimum absolute atomic E-state index is 0.0212. The molecule has 3 fully saturated rings. The van der Waals surface area contributed by atoms with Crippen molar-refractivity contribution in [3.8, 4) is 5.75 Å². The van der Waals surface area contributed by atoms with E-state index in [1.807, 2.05) is 30.5 Å². The first-order valence-corrected chi connectivity index (χ1v) is 10.3. The Hall–Kier alpha value is -2.03. The highest BCUT2D eigenvalue weighted by molar-refractivity contribution is 5.85. The molecule has 2 N–H and O–H groups in total. The van der Waals surface area contributed by atoms with E-state index in [2.05, 4.69) is 20.4 Å². The third-order valence-corrected chi connectivity index (χ3v) is 5.94. The van der Waals surface area contributed by atoms with Gasteiger partial charge in [0.15, 0.2) is 0 Å². The van der Waals surface area contributed by atoms with Gasteiger partial charge in [0.2, 0.25) is 0 Å². The molecule has 6 nitrogen and oxygen atoms in total. The van der Waals surface area contributed by atoms with Crippen molar-refractivity contribution in [2.45, 2.75) is 62.8 Å². The molecular weight excluding hydrogens is 380 g/mol. The van der Waals surface area contributed by atoms with E-state index < -0.39 is 18.5 Å². The van der Waals surface area contributed by atoms with Crippen LogP contribution in [0.5, 0.6) is 5.75 Å². The van der Waals surface area contributed by atoms with Crippen molar-refractivity contribution in [1.82, 2.24) is 10.3 Å². The minimum atomic E-state index is -3.46. The lowest BCUT2D eigenvalue weighted by molar-refractivity contribution is -0.351. The molecule has 8 heteroatoms. The van der Waals surface area contributed by atoms with E-state index in [1.54, 1.807) is 0 Å². The number of aromatic nitrogens is 1. The second-order valence-electron chi connectivity index (χ2n) is 8.08. The molecule has 1 aliphatic carbocycles. The average molecular weight is 405 g/mol. The second-order valence-corrected chi connectivity index (χ2v) is 8.08. The predicted octanol–water partition coefficient (Wildman–Crippen LogP) is 3.66. The third-order valence-electron chi connectivity index (χ3n) is 5.94. The van der Waals surface area contributed by atoms with Crippen LogP contribution in [0.4, 0.5) is 14.6 Å². The van der Waals surface area contributed by atoms with Crippen LogP contribution < -0.4 is 15.4 Å². The van der Waals surface area contributed by atoms with Gasteiger partial charge in [-0.2, -0.15) is 0 Å². The number of fused-ring (bicyclic) bond motifs is 2. The number of nitrogens with zero attached hydrogens (tertiary/aromatic N) is 1. The number of benzene rings is 1. The van der Waals surface area contributed by atoms with Crippen LogP contribution in [0.2, 0.25) is 0 Å². The molecule has 156 valence electrons. The summed E-state index contributed by atoms with van der Waals surface area (Å²) < 4.78 is 42.1. The summed E-state index contributed by atoms with van der Waals surface area (Å²) in [5.41, 5.74) is 0. The number of hydrogen-bond acceptors (Lipinski definition) is 6. The highest BCUT2D eigenvalue weighted by Gasteiger charge is 2.51. The van der Waals surface area contributed by atoms with Crippen molar-refractivity contribution in [1.29, 1.82) is 0 Å². The van der Waals surface area contributed by atoms with Crippen LogP contribution in [0, 0.1) is 0 Å². The van der Waals surface area contributed by atoms with Crippen molar-refractivity contribution in [2.24, 2.45) is 0 Å². The zero-order chi connectivity index (χ0) is 19.8. The lowest BCUT2D eigenvalue weighted by Crippen LogP contribution is -2.37. The maximum Gasteiger partial charge on any atom is 0.486 e. The standard InChI is InChI=1S/C21H25F2N3O3/c22-21(23)28-18-4-2-15(11-19(18)29-21)26-20-10-14-9-17(3-1-13(14)12-25-20)27-16-5-7-24-8-6-16/h1,3,9-10,12,15-16,18-19,24H,2,4-8,11H2,(H,25,26). The molecule has 3 unspecified atom stereocenters. The number of piperidine rings is 1. The highest BCUT2D eigenvalue weighted by Crippen LogP contribution is 2.39. The van der Waals surface area contributed by atoms with Crippen LogP contribution in [0.3, 0.4) is 0 Å². The highest BCUT2D eigenvalue weighted by atomic mass is 19.3. The van der Waals surface area contributed by atoms with Gasteiger partial charge < -0.3 is 15.4 Å². The Bertz CT molecular complexity index is 875. The van der Waals surface area contributed by atoms with Gasteiger partial charge in [-0.1, -0.05) is 0 Å². The van der Waals surface area contributed by atoms with Crippen molar-refractivity contribution in [3.63, 3.8) is 0 Å². The van der Waals surface area contributed by atoms with E-state index in [1.165, 1.54) is 0 Å². The zero-order valence-electron chi connectivity index (χ0n) is 16.1. The number of ether oxygens (including phenoxy) is 3.